The molecule has 0 radical (unpaired) electrons. The number of amides is 1. The van der Waals surface area contributed by atoms with E-state index in [0.29, 0.717) is 54.9 Å². The Morgan fingerprint density at radius 2 is 1.85 bits per heavy atom. The number of pyridine rings is 1. The number of halogens is 2. The molecule has 9 heteroatoms. The van der Waals surface area contributed by atoms with Gasteiger partial charge in [-0.25, -0.2) is 4.98 Å². The normalized spacial score (nSPS) is 13.9. The number of hydrogen-bond acceptors (Lipinski definition) is 6. The van der Waals surface area contributed by atoms with Crippen molar-refractivity contribution in [1.29, 1.82) is 0 Å². The molecule has 0 bridgehead atoms. The molecule has 0 atom stereocenters. The Hall–Kier alpha value is -2.74. The quantitative estimate of drug-likeness (QED) is 0.511. The minimum Gasteiger partial charge on any atom is -0.384 e. The van der Waals surface area contributed by atoms with E-state index in [1.54, 1.807) is 25.7 Å². The highest BCUT2D eigenvalue weighted by Gasteiger charge is 2.24. The Bertz CT molecular complexity index is 1150. The molecule has 1 amide bonds. The van der Waals surface area contributed by atoms with Crippen LogP contribution in [0.25, 0.3) is 22.5 Å². The van der Waals surface area contributed by atoms with Crippen LogP contribution in [-0.2, 0) is 9.53 Å². The fourth-order valence-corrected chi connectivity index (χ4v) is 4.34. The summed E-state index contributed by atoms with van der Waals surface area (Å²) in [7, 11) is 1.60. The van der Waals surface area contributed by atoms with Crippen LogP contribution in [-0.4, -0.2) is 65.7 Å². The third kappa shape index (κ3) is 5.27. The molecule has 2 aromatic heterocycles. The highest BCUT2D eigenvalue weighted by molar-refractivity contribution is 6.33. The van der Waals surface area contributed by atoms with Gasteiger partial charge in [-0.1, -0.05) is 29.3 Å². The topological polar surface area (TPSA) is 71.5 Å². The van der Waals surface area contributed by atoms with Gasteiger partial charge in [0.2, 0.25) is 5.91 Å². The van der Waals surface area contributed by atoms with Crippen molar-refractivity contribution in [3.8, 4) is 22.5 Å². The number of rotatable bonds is 6. The van der Waals surface area contributed by atoms with E-state index in [9.17, 15) is 4.79 Å². The van der Waals surface area contributed by atoms with E-state index in [1.807, 2.05) is 36.1 Å². The van der Waals surface area contributed by atoms with Gasteiger partial charge >= 0.3 is 0 Å². The van der Waals surface area contributed by atoms with Gasteiger partial charge in [0.25, 0.3) is 0 Å². The van der Waals surface area contributed by atoms with Gasteiger partial charge in [-0.15, -0.1) is 0 Å². The molecule has 3 aromatic rings. The SMILES string of the molecule is COCCC(=O)N1CCN(c2cnc(-c3ccc(Cl)cc3C)c(-c3ccncc3Cl)n2)CC1. The average Bonchev–Trinajstić information content (AvgIpc) is 2.83. The molecular formula is C24H25Cl2N5O2. The maximum Gasteiger partial charge on any atom is 0.225 e. The molecule has 1 aromatic carbocycles. The van der Waals surface area contributed by atoms with E-state index in [1.165, 1.54) is 0 Å². The molecule has 0 spiro atoms. The lowest BCUT2D eigenvalue weighted by Gasteiger charge is -2.35. The lowest BCUT2D eigenvalue weighted by Crippen LogP contribution is -2.49. The fraction of sp³-hybridized carbons (Fsp3) is 0.333. The second-order valence-electron chi connectivity index (χ2n) is 7.85. The van der Waals surface area contributed by atoms with Crippen molar-refractivity contribution in [3.05, 3.63) is 58.5 Å². The highest BCUT2D eigenvalue weighted by Crippen LogP contribution is 2.36. The summed E-state index contributed by atoms with van der Waals surface area (Å²) in [5.74, 6) is 0.859. The molecular weight excluding hydrogens is 461 g/mol. The summed E-state index contributed by atoms with van der Waals surface area (Å²) in [5.41, 5.74) is 4.12. The summed E-state index contributed by atoms with van der Waals surface area (Å²) in [6, 6.07) is 7.54. The zero-order valence-electron chi connectivity index (χ0n) is 18.6. The van der Waals surface area contributed by atoms with Crippen molar-refractivity contribution in [2.24, 2.45) is 0 Å². The van der Waals surface area contributed by atoms with Gasteiger partial charge in [0.15, 0.2) is 0 Å². The average molecular weight is 486 g/mol. The van der Waals surface area contributed by atoms with Crippen molar-refractivity contribution in [1.82, 2.24) is 19.9 Å². The molecule has 1 saturated heterocycles. The first-order chi connectivity index (χ1) is 16.0. The first-order valence-electron chi connectivity index (χ1n) is 10.7. The van der Waals surface area contributed by atoms with Gasteiger partial charge in [-0.05, 0) is 30.7 Å². The van der Waals surface area contributed by atoms with Crippen LogP contribution < -0.4 is 4.90 Å². The first-order valence-corrected chi connectivity index (χ1v) is 11.5. The number of carbonyl (C=O) groups is 1. The molecule has 4 rings (SSSR count). The number of piperazine rings is 1. The van der Waals surface area contributed by atoms with Crippen LogP contribution in [0.5, 0.6) is 0 Å². The summed E-state index contributed by atoms with van der Waals surface area (Å²) in [6.45, 7) is 5.05. The van der Waals surface area contributed by atoms with E-state index in [-0.39, 0.29) is 5.91 Å². The molecule has 1 fully saturated rings. The molecule has 0 aliphatic carbocycles. The van der Waals surface area contributed by atoms with Crippen molar-refractivity contribution in [2.75, 3.05) is 44.8 Å². The minimum atomic E-state index is 0.111. The van der Waals surface area contributed by atoms with Crippen LogP contribution in [0.3, 0.4) is 0 Å². The summed E-state index contributed by atoms with van der Waals surface area (Å²) in [4.78, 5) is 30.2. The Morgan fingerprint density at radius 3 is 2.55 bits per heavy atom. The Balaban J connectivity index is 1.66. The monoisotopic (exact) mass is 485 g/mol. The molecule has 7 nitrogen and oxygen atoms in total. The number of benzene rings is 1. The van der Waals surface area contributed by atoms with Crippen LogP contribution in [0.2, 0.25) is 10.0 Å². The predicted molar refractivity (Wildman–Crippen MR) is 131 cm³/mol. The van der Waals surface area contributed by atoms with Gasteiger partial charge in [0.05, 0.1) is 29.9 Å². The largest absolute Gasteiger partial charge is 0.384 e. The second-order valence-corrected chi connectivity index (χ2v) is 8.69. The van der Waals surface area contributed by atoms with Gasteiger partial charge < -0.3 is 14.5 Å². The summed E-state index contributed by atoms with van der Waals surface area (Å²) in [6.07, 6.45) is 5.48. The zero-order chi connectivity index (χ0) is 23.4. The standard InChI is InChI=1S/C24H25Cl2N5O2/c1-16-13-17(25)3-4-18(16)23-24(19-5-7-27-14-20(19)26)29-21(15-28-23)30-8-10-31(11-9-30)22(32)6-12-33-2/h3-5,7,13-15H,6,8-12H2,1-2H3. The first kappa shape index (κ1) is 23.4. The van der Waals surface area contributed by atoms with E-state index < -0.39 is 0 Å². The van der Waals surface area contributed by atoms with Crippen molar-refractivity contribution < 1.29 is 9.53 Å². The van der Waals surface area contributed by atoms with E-state index in [0.717, 1.165) is 28.2 Å². The zero-order valence-corrected chi connectivity index (χ0v) is 20.1. The molecule has 0 unspecified atom stereocenters. The fourth-order valence-electron chi connectivity index (χ4n) is 3.91. The molecule has 33 heavy (non-hydrogen) atoms. The van der Waals surface area contributed by atoms with Gasteiger partial charge in [-0.2, -0.15) is 0 Å². The number of methoxy groups -OCH3 is 1. The van der Waals surface area contributed by atoms with Crippen LogP contribution in [0.15, 0.2) is 42.9 Å². The van der Waals surface area contributed by atoms with Crippen LogP contribution in [0.1, 0.15) is 12.0 Å². The Labute approximate surface area is 203 Å². The van der Waals surface area contributed by atoms with Crippen molar-refractivity contribution in [2.45, 2.75) is 13.3 Å². The lowest BCUT2D eigenvalue weighted by atomic mass is 10.0. The van der Waals surface area contributed by atoms with Gasteiger partial charge in [0, 0.05) is 61.8 Å². The van der Waals surface area contributed by atoms with Gasteiger partial charge in [0.1, 0.15) is 11.5 Å². The van der Waals surface area contributed by atoms with E-state index in [2.05, 4.69) is 9.88 Å². The van der Waals surface area contributed by atoms with E-state index >= 15 is 0 Å². The second kappa shape index (κ2) is 10.5. The number of hydrogen-bond donors (Lipinski definition) is 0. The van der Waals surface area contributed by atoms with Crippen LogP contribution >= 0.6 is 23.2 Å². The third-order valence-electron chi connectivity index (χ3n) is 5.71. The Kier molecular flexibility index (Phi) is 7.42. The van der Waals surface area contributed by atoms with Crippen molar-refractivity contribution in [3.63, 3.8) is 0 Å². The summed E-state index contributed by atoms with van der Waals surface area (Å²) >= 11 is 12.7. The van der Waals surface area contributed by atoms with Crippen molar-refractivity contribution >= 4 is 34.9 Å². The van der Waals surface area contributed by atoms with Crippen LogP contribution in [0.4, 0.5) is 5.82 Å². The molecule has 172 valence electrons. The molecule has 1 aliphatic heterocycles. The predicted octanol–water partition coefficient (Wildman–Crippen LogP) is 4.51. The maximum absolute atomic E-state index is 12.3. The maximum atomic E-state index is 12.3. The number of carbonyl (C=O) groups excluding carboxylic acids is 1. The number of aromatic nitrogens is 3. The highest BCUT2D eigenvalue weighted by atomic mass is 35.5. The third-order valence-corrected chi connectivity index (χ3v) is 6.24. The smallest absolute Gasteiger partial charge is 0.225 e. The molecule has 1 aliphatic rings. The minimum absolute atomic E-state index is 0.111. The number of ether oxygens (including phenoxy) is 1. The molecule has 0 saturated carbocycles. The van der Waals surface area contributed by atoms with Gasteiger partial charge in [-0.3, -0.25) is 14.8 Å². The lowest BCUT2D eigenvalue weighted by molar-refractivity contribution is -0.132. The summed E-state index contributed by atoms with van der Waals surface area (Å²) in [5, 5.41) is 1.17. The summed E-state index contributed by atoms with van der Waals surface area (Å²) < 4.78 is 5.02. The number of anilines is 1. The molecule has 3 heterocycles. The molecule has 0 N–H and O–H groups in total. The Morgan fingerprint density at radius 1 is 1.06 bits per heavy atom. The van der Waals surface area contributed by atoms with Crippen LogP contribution in [0, 0.1) is 6.92 Å². The van der Waals surface area contributed by atoms with E-state index in [4.69, 9.17) is 37.9 Å². The number of nitrogens with zero attached hydrogens (tertiary/aromatic N) is 5. The number of aryl methyl sites for hydroxylation is 1.